The molecule has 3 aromatic rings. The summed E-state index contributed by atoms with van der Waals surface area (Å²) in [5.74, 6) is 1.90. The summed E-state index contributed by atoms with van der Waals surface area (Å²) >= 11 is 0. The molecule has 1 heterocycles. The van der Waals surface area contributed by atoms with Gasteiger partial charge in [0.05, 0.1) is 6.26 Å². The maximum atomic E-state index is 12.2. The standard InChI is InChI=1S/C19H14O3/c20-19(12-11-16-10-5-13-21-16)15-6-4-9-18(14-15)22-17-7-2-1-3-8-17/h1-14H/b12-11+. The van der Waals surface area contributed by atoms with Crippen LogP contribution in [0.15, 0.2) is 83.5 Å². The largest absolute Gasteiger partial charge is 0.465 e. The van der Waals surface area contributed by atoms with Crippen molar-refractivity contribution in [2.24, 2.45) is 0 Å². The van der Waals surface area contributed by atoms with Gasteiger partial charge < -0.3 is 9.15 Å². The topological polar surface area (TPSA) is 39.4 Å². The summed E-state index contributed by atoms with van der Waals surface area (Å²) in [5, 5.41) is 0. The van der Waals surface area contributed by atoms with Crippen molar-refractivity contribution >= 4 is 11.9 Å². The van der Waals surface area contributed by atoms with Crippen molar-refractivity contribution in [3.8, 4) is 11.5 Å². The van der Waals surface area contributed by atoms with Crippen LogP contribution in [0.25, 0.3) is 6.08 Å². The number of benzene rings is 2. The summed E-state index contributed by atoms with van der Waals surface area (Å²) < 4.78 is 10.9. The van der Waals surface area contributed by atoms with Crippen molar-refractivity contribution < 1.29 is 13.9 Å². The highest BCUT2D eigenvalue weighted by Gasteiger charge is 2.04. The van der Waals surface area contributed by atoms with Crippen molar-refractivity contribution in [3.63, 3.8) is 0 Å². The highest BCUT2D eigenvalue weighted by atomic mass is 16.5. The molecule has 0 unspecified atom stereocenters. The zero-order chi connectivity index (χ0) is 15.2. The molecule has 0 amide bonds. The van der Waals surface area contributed by atoms with Gasteiger partial charge in [-0.1, -0.05) is 30.3 Å². The predicted molar refractivity (Wildman–Crippen MR) is 85.0 cm³/mol. The average Bonchev–Trinajstić information content (AvgIpc) is 3.07. The molecular weight excluding hydrogens is 276 g/mol. The first-order chi connectivity index (χ1) is 10.8. The van der Waals surface area contributed by atoms with Crippen LogP contribution in [0.2, 0.25) is 0 Å². The van der Waals surface area contributed by atoms with E-state index in [9.17, 15) is 4.79 Å². The summed E-state index contributed by atoms with van der Waals surface area (Å²) in [7, 11) is 0. The van der Waals surface area contributed by atoms with E-state index in [-0.39, 0.29) is 5.78 Å². The molecule has 1 aromatic heterocycles. The molecule has 0 aliphatic heterocycles. The Balaban J connectivity index is 1.74. The van der Waals surface area contributed by atoms with Gasteiger partial charge in [-0.25, -0.2) is 0 Å². The van der Waals surface area contributed by atoms with Crippen LogP contribution in [-0.4, -0.2) is 5.78 Å². The summed E-state index contributed by atoms with van der Waals surface area (Å²) in [6, 6.07) is 20.1. The molecule has 0 aliphatic rings. The second-order valence-electron chi connectivity index (χ2n) is 4.66. The molecule has 3 nitrogen and oxygen atoms in total. The van der Waals surface area contributed by atoms with Crippen molar-refractivity contribution in [3.05, 3.63) is 90.4 Å². The maximum Gasteiger partial charge on any atom is 0.186 e. The highest BCUT2D eigenvalue weighted by molar-refractivity contribution is 6.06. The lowest BCUT2D eigenvalue weighted by Gasteiger charge is -2.06. The normalized spacial score (nSPS) is 10.7. The molecule has 3 rings (SSSR count). The molecule has 0 fully saturated rings. The Morgan fingerprint density at radius 2 is 1.73 bits per heavy atom. The third kappa shape index (κ3) is 3.52. The number of furan rings is 1. The Morgan fingerprint density at radius 3 is 2.50 bits per heavy atom. The van der Waals surface area contributed by atoms with E-state index in [4.69, 9.17) is 9.15 Å². The van der Waals surface area contributed by atoms with E-state index in [1.165, 1.54) is 6.08 Å². The third-order valence-electron chi connectivity index (χ3n) is 3.04. The van der Waals surface area contributed by atoms with Crippen molar-refractivity contribution in [2.45, 2.75) is 0 Å². The number of rotatable bonds is 5. The molecule has 0 aliphatic carbocycles. The Bertz CT molecular complexity index is 771. The van der Waals surface area contributed by atoms with Gasteiger partial charge in [-0.2, -0.15) is 0 Å². The molecule has 108 valence electrons. The van der Waals surface area contributed by atoms with Gasteiger partial charge in [0.15, 0.2) is 5.78 Å². The molecule has 0 N–H and O–H groups in total. The van der Waals surface area contributed by atoms with Gasteiger partial charge in [-0.3, -0.25) is 4.79 Å². The van der Waals surface area contributed by atoms with Crippen molar-refractivity contribution in [2.75, 3.05) is 0 Å². The first-order valence-corrected chi connectivity index (χ1v) is 6.90. The minimum Gasteiger partial charge on any atom is -0.465 e. The van der Waals surface area contributed by atoms with E-state index < -0.39 is 0 Å². The van der Waals surface area contributed by atoms with Crippen LogP contribution in [0.1, 0.15) is 16.1 Å². The zero-order valence-corrected chi connectivity index (χ0v) is 11.8. The number of allylic oxidation sites excluding steroid dienone is 1. The van der Waals surface area contributed by atoms with Crippen LogP contribution in [0, 0.1) is 0 Å². The monoisotopic (exact) mass is 290 g/mol. The predicted octanol–water partition coefficient (Wildman–Crippen LogP) is 4.97. The second kappa shape index (κ2) is 6.59. The molecule has 0 radical (unpaired) electrons. The smallest absolute Gasteiger partial charge is 0.186 e. The van der Waals surface area contributed by atoms with Crippen LogP contribution in [0.3, 0.4) is 0 Å². The van der Waals surface area contributed by atoms with Gasteiger partial charge in [0.25, 0.3) is 0 Å². The molecule has 0 spiro atoms. The minimum atomic E-state index is -0.102. The highest BCUT2D eigenvalue weighted by Crippen LogP contribution is 2.22. The third-order valence-corrected chi connectivity index (χ3v) is 3.04. The number of carbonyl (C=O) groups is 1. The number of hydrogen-bond donors (Lipinski definition) is 0. The summed E-state index contributed by atoms with van der Waals surface area (Å²) in [4.78, 5) is 12.2. The lowest BCUT2D eigenvalue weighted by Crippen LogP contribution is -1.94. The van der Waals surface area contributed by atoms with Gasteiger partial charge in [0, 0.05) is 5.56 Å². The van der Waals surface area contributed by atoms with Gasteiger partial charge in [-0.05, 0) is 48.6 Å². The van der Waals surface area contributed by atoms with Crippen LogP contribution in [0.4, 0.5) is 0 Å². The Labute approximate surface area is 128 Å². The molecule has 3 heteroatoms. The van der Waals surface area contributed by atoms with E-state index in [0.717, 1.165) is 5.75 Å². The van der Waals surface area contributed by atoms with Crippen LogP contribution in [0.5, 0.6) is 11.5 Å². The first kappa shape index (κ1) is 13.9. The van der Waals surface area contributed by atoms with E-state index in [0.29, 0.717) is 17.1 Å². The van der Waals surface area contributed by atoms with Gasteiger partial charge >= 0.3 is 0 Å². The van der Waals surface area contributed by atoms with Gasteiger partial charge in [0.2, 0.25) is 0 Å². The minimum absolute atomic E-state index is 0.102. The van der Waals surface area contributed by atoms with Crippen LogP contribution in [-0.2, 0) is 0 Å². The average molecular weight is 290 g/mol. The maximum absolute atomic E-state index is 12.2. The number of ether oxygens (including phenoxy) is 1. The quantitative estimate of drug-likeness (QED) is 0.492. The van der Waals surface area contributed by atoms with Gasteiger partial charge in [-0.15, -0.1) is 0 Å². The van der Waals surface area contributed by atoms with E-state index in [2.05, 4.69) is 0 Å². The number of ketones is 1. The number of para-hydroxylation sites is 1. The van der Waals surface area contributed by atoms with Crippen LogP contribution < -0.4 is 4.74 Å². The second-order valence-corrected chi connectivity index (χ2v) is 4.66. The molecule has 2 aromatic carbocycles. The van der Waals surface area contributed by atoms with E-state index in [1.807, 2.05) is 36.4 Å². The fourth-order valence-electron chi connectivity index (χ4n) is 1.98. The zero-order valence-electron chi connectivity index (χ0n) is 11.8. The molecule has 0 atom stereocenters. The summed E-state index contributed by atoms with van der Waals surface area (Å²) in [5.41, 5.74) is 0.566. The lowest BCUT2D eigenvalue weighted by molar-refractivity contribution is 0.104. The van der Waals surface area contributed by atoms with Crippen LogP contribution >= 0.6 is 0 Å². The SMILES string of the molecule is O=C(/C=C/c1ccco1)c1cccc(Oc2ccccc2)c1. The molecule has 22 heavy (non-hydrogen) atoms. The molecular formula is C19H14O3. The number of hydrogen-bond acceptors (Lipinski definition) is 3. The fourth-order valence-corrected chi connectivity index (χ4v) is 1.98. The Hall–Kier alpha value is -3.07. The summed E-state index contributed by atoms with van der Waals surface area (Å²) in [6.45, 7) is 0. The lowest BCUT2D eigenvalue weighted by atomic mass is 10.1. The fraction of sp³-hybridized carbons (Fsp3) is 0. The molecule has 0 bridgehead atoms. The van der Waals surface area contributed by atoms with E-state index in [1.54, 1.807) is 42.7 Å². The van der Waals surface area contributed by atoms with Gasteiger partial charge in [0.1, 0.15) is 17.3 Å². The summed E-state index contributed by atoms with van der Waals surface area (Å²) in [6.07, 6.45) is 4.70. The first-order valence-electron chi connectivity index (χ1n) is 6.90. The van der Waals surface area contributed by atoms with Crippen molar-refractivity contribution in [1.82, 2.24) is 0 Å². The molecule has 0 saturated carbocycles. The Morgan fingerprint density at radius 1 is 0.909 bits per heavy atom. The molecule has 0 saturated heterocycles. The van der Waals surface area contributed by atoms with Crippen molar-refractivity contribution in [1.29, 1.82) is 0 Å². The Kier molecular flexibility index (Phi) is 4.16. The van der Waals surface area contributed by atoms with E-state index >= 15 is 0 Å². The number of carbonyl (C=O) groups excluding carboxylic acids is 1.